The standard InChI is InChI=1S/C13H17N5/c1-2-4-11(5-3-1)10-18-13(15-16-17-18)8-12-6-7-14-9-12/h1-5,12,14H,6-10H2. The van der Waals surface area contributed by atoms with Crippen LogP contribution in [0.4, 0.5) is 0 Å². The molecule has 1 N–H and O–H groups in total. The van der Waals surface area contributed by atoms with E-state index < -0.39 is 0 Å². The maximum Gasteiger partial charge on any atom is 0.151 e. The Morgan fingerprint density at radius 3 is 2.94 bits per heavy atom. The lowest BCUT2D eigenvalue weighted by Gasteiger charge is -2.08. The van der Waals surface area contributed by atoms with Gasteiger partial charge in [0.1, 0.15) is 0 Å². The highest BCUT2D eigenvalue weighted by atomic mass is 15.5. The highest BCUT2D eigenvalue weighted by Gasteiger charge is 2.18. The third-order valence-corrected chi connectivity index (χ3v) is 3.41. The van der Waals surface area contributed by atoms with Crippen LogP contribution >= 0.6 is 0 Å². The molecule has 1 aromatic heterocycles. The minimum Gasteiger partial charge on any atom is -0.316 e. The molecule has 0 aliphatic carbocycles. The fourth-order valence-corrected chi connectivity index (χ4v) is 2.40. The van der Waals surface area contributed by atoms with Crippen molar-refractivity contribution in [3.05, 3.63) is 41.7 Å². The molecule has 5 heteroatoms. The predicted molar refractivity (Wildman–Crippen MR) is 68.0 cm³/mol. The topological polar surface area (TPSA) is 55.6 Å². The second-order valence-corrected chi connectivity index (χ2v) is 4.80. The summed E-state index contributed by atoms with van der Waals surface area (Å²) in [5.74, 6) is 1.66. The molecule has 1 atom stereocenters. The summed E-state index contributed by atoms with van der Waals surface area (Å²) in [6.45, 7) is 2.95. The van der Waals surface area contributed by atoms with Gasteiger partial charge in [-0.15, -0.1) is 5.10 Å². The molecule has 3 rings (SSSR count). The number of hydrogen-bond donors (Lipinski definition) is 1. The average Bonchev–Trinajstić information content (AvgIpc) is 3.04. The van der Waals surface area contributed by atoms with E-state index in [1.54, 1.807) is 0 Å². The van der Waals surface area contributed by atoms with Crippen LogP contribution in [-0.4, -0.2) is 33.3 Å². The molecule has 5 nitrogen and oxygen atoms in total. The quantitative estimate of drug-likeness (QED) is 0.866. The molecule has 1 aromatic carbocycles. The Hall–Kier alpha value is -1.75. The number of nitrogens with zero attached hydrogens (tertiary/aromatic N) is 4. The molecule has 0 radical (unpaired) electrons. The first-order chi connectivity index (χ1) is 8.92. The molecule has 1 unspecified atom stereocenters. The SMILES string of the molecule is c1ccc(Cn2nnnc2CC2CCNC2)cc1. The molecule has 1 aliphatic heterocycles. The van der Waals surface area contributed by atoms with Crippen molar-refractivity contribution in [1.29, 1.82) is 0 Å². The third kappa shape index (κ3) is 2.56. The highest BCUT2D eigenvalue weighted by Crippen LogP contribution is 2.13. The zero-order valence-electron chi connectivity index (χ0n) is 10.3. The minimum atomic E-state index is 0.672. The molecule has 0 amide bonds. The first-order valence-corrected chi connectivity index (χ1v) is 6.41. The van der Waals surface area contributed by atoms with Crippen LogP contribution in [0.1, 0.15) is 17.8 Å². The predicted octanol–water partition coefficient (Wildman–Crippen LogP) is 0.873. The fraction of sp³-hybridized carbons (Fsp3) is 0.462. The molecule has 1 saturated heterocycles. The molecule has 2 aromatic rings. The van der Waals surface area contributed by atoms with Gasteiger partial charge in [0.2, 0.25) is 0 Å². The van der Waals surface area contributed by atoms with Crippen molar-refractivity contribution in [3.63, 3.8) is 0 Å². The Kier molecular flexibility index (Phi) is 3.32. The zero-order chi connectivity index (χ0) is 12.2. The summed E-state index contributed by atoms with van der Waals surface area (Å²) >= 11 is 0. The van der Waals surface area contributed by atoms with Gasteiger partial charge < -0.3 is 5.32 Å². The van der Waals surface area contributed by atoms with Crippen LogP contribution < -0.4 is 5.32 Å². The van der Waals surface area contributed by atoms with Crippen LogP contribution in [-0.2, 0) is 13.0 Å². The number of tetrazole rings is 1. The van der Waals surface area contributed by atoms with Gasteiger partial charge in [-0.3, -0.25) is 0 Å². The van der Waals surface area contributed by atoms with Gasteiger partial charge in [0, 0.05) is 6.42 Å². The molecule has 18 heavy (non-hydrogen) atoms. The van der Waals surface area contributed by atoms with Crippen LogP contribution in [0, 0.1) is 5.92 Å². The van der Waals surface area contributed by atoms with Crippen molar-refractivity contribution in [2.75, 3.05) is 13.1 Å². The molecule has 2 heterocycles. The normalized spacial score (nSPS) is 19.2. The molecule has 0 spiro atoms. The molecular formula is C13H17N5. The number of hydrogen-bond acceptors (Lipinski definition) is 4. The summed E-state index contributed by atoms with van der Waals surface area (Å²) in [4.78, 5) is 0. The Bertz CT molecular complexity index is 487. The monoisotopic (exact) mass is 243 g/mol. The summed E-state index contributed by atoms with van der Waals surface area (Å²) in [7, 11) is 0. The van der Waals surface area contributed by atoms with E-state index in [0.29, 0.717) is 5.92 Å². The summed E-state index contributed by atoms with van der Waals surface area (Å²) in [6, 6.07) is 10.3. The van der Waals surface area contributed by atoms with E-state index in [1.807, 2.05) is 22.9 Å². The Labute approximate surface area is 106 Å². The second-order valence-electron chi connectivity index (χ2n) is 4.80. The van der Waals surface area contributed by atoms with Crippen molar-refractivity contribution in [1.82, 2.24) is 25.5 Å². The molecule has 1 aliphatic rings. The summed E-state index contributed by atoms with van der Waals surface area (Å²) in [5, 5.41) is 15.4. The lowest BCUT2D eigenvalue weighted by atomic mass is 10.0. The van der Waals surface area contributed by atoms with Crippen molar-refractivity contribution in [2.45, 2.75) is 19.4 Å². The smallest absolute Gasteiger partial charge is 0.151 e. The van der Waals surface area contributed by atoms with Gasteiger partial charge >= 0.3 is 0 Å². The van der Waals surface area contributed by atoms with Crippen LogP contribution in [0.15, 0.2) is 30.3 Å². The molecule has 0 saturated carbocycles. The molecule has 0 bridgehead atoms. The van der Waals surface area contributed by atoms with Gasteiger partial charge in [-0.2, -0.15) is 0 Å². The molecule has 1 fully saturated rings. The van der Waals surface area contributed by atoms with Crippen LogP contribution in [0.25, 0.3) is 0 Å². The number of rotatable bonds is 4. The van der Waals surface area contributed by atoms with Gasteiger partial charge in [0.25, 0.3) is 0 Å². The number of nitrogens with one attached hydrogen (secondary N) is 1. The summed E-state index contributed by atoms with van der Waals surface area (Å²) in [6.07, 6.45) is 2.19. The maximum absolute atomic E-state index is 4.15. The van der Waals surface area contributed by atoms with Gasteiger partial charge in [-0.05, 0) is 41.4 Å². The minimum absolute atomic E-state index is 0.672. The van der Waals surface area contributed by atoms with Crippen molar-refractivity contribution in [2.24, 2.45) is 5.92 Å². The van der Waals surface area contributed by atoms with E-state index in [9.17, 15) is 0 Å². The summed E-state index contributed by atoms with van der Waals surface area (Å²) < 4.78 is 1.91. The second kappa shape index (κ2) is 5.27. The van der Waals surface area contributed by atoms with E-state index in [0.717, 1.165) is 31.9 Å². The van der Waals surface area contributed by atoms with E-state index in [-0.39, 0.29) is 0 Å². The third-order valence-electron chi connectivity index (χ3n) is 3.41. The number of benzene rings is 1. The lowest BCUT2D eigenvalue weighted by Crippen LogP contribution is -2.15. The number of aromatic nitrogens is 4. The molecule has 94 valence electrons. The lowest BCUT2D eigenvalue weighted by molar-refractivity contribution is 0.526. The first kappa shape index (κ1) is 11.3. The van der Waals surface area contributed by atoms with Gasteiger partial charge in [-0.1, -0.05) is 30.3 Å². The first-order valence-electron chi connectivity index (χ1n) is 6.41. The van der Waals surface area contributed by atoms with Gasteiger partial charge in [0.05, 0.1) is 6.54 Å². The summed E-state index contributed by atoms with van der Waals surface area (Å²) in [5.41, 5.74) is 1.23. The van der Waals surface area contributed by atoms with Crippen LogP contribution in [0.2, 0.25) is 0 Å². The van der Waals surface area contributed by atoms with Crippen molar-refractivity contribution < 1.29 is 0 Å². The van der Waals surface area contributed by atoms with Crippen molar-refractivity contribution in [3.8, 4) is 0 Å². The Balaban J connectivity index is 1.71. The van der Waals surface area contributed by atoms with E-state index >= 15 is 0 Å². The van der Waals surface area contributed by atoms with E-state index in [2.05, 4.69) is 33.0 Å². The Morgan fingerprint density at radius 2 is 2.17 bits per heavy atom. The maximum atomic E-state index is 4.15. The van der Waals surface area contributed by atoms with E-state index in [4.69, 9.17) is 0 Å². The van der Waals surface area contributed by atoms with Crippen LogP contribution in [0.5, 0.6) is 0 Å². The zero-order valence-corrected chi connectivity index (χ0v) is 10.3. The molecular weight excluding hydrogens is 226 g/mol. The van der Waals surface area contributed by atoms with Crippen molar-refractivity contribution >= 4 is 0 Å². The van der Waals surface area contributed by atoms with Gasteiger partial charge in [0.15, 0.2) is 5.82 Å². The largest absolute Gasteiger partial charge is 0.316 e. The van der Waals surface area contributed by atoms with Crippen LogP contribution in [0.3, 0.4) is 0 Å². The van der Waals surface area contributed by atoms with E-state index in [1.165, 1.54) is 12.0 Å². The average molecular weight is 243 g/mol. The van der Waals surface area contributed by atoms with Gasteiger partial charge in [-0.25, -0.2) is 4.68 Å². The highest BCUT2D eigenvalue weighted by molar-refractivity contribution is 5.15. The Morgan fingerprint density at radius 1 is 1.28 bits per heavy atom. The fourth-order valence-electron chi connectivity index (χ4n) is 2.40.